The maximum Gasteiger partial charge on any atom is 0.407 e. The number of rotatable bonds is 19. The van der Waals surface area contributed by atoms with Crippen molar-refractivity contribution < 1.29 is 38.1 Å². The van der Waals surface area contributed by atoms with Gasteiger partial charge in [-0.3, -0.25) is 14.4 Å². The molecule has 4 aromatic rings. The molecule has 0 bridgehead atoms. The molecular formula is C42H56N8O8. The van der Waals surface area contributed by atoms with Gasteiger partial charge < -0.3 is 49.8 Å². The Bertz CT molecular complexity index is 1940. The van der Waals surface area contributed by atoms with E-state index in [0.717, 1.165) is 66.3 Å². The van der Waals surface area contributed by atoms with Crippen molar-refractivity contribution in [1.82, 2.24) is 40.8 Å². The Morgan fingerprint density at radius 3 is 1.90 bits per heavy atom. The zero-order valence-corrected chi connectivity index (χ0v) is 34.0. The SMILES string of the molecule is C=CC.C=CC[C@H](NC(=O)OC)C(=O)N(C)CCCCc1ncc(-c2ccc3c(c2)Oc2ccc(-c4cnc(CCCCNC(=O)CNC)[nH]4)cc2O3)[nH]1.COC=O. The number of ether oxygens (including phenoxy) is 4. The first kappa shape index (κ1) is 46.0. The Balaban J connectivity index is 0.00000119. The highest BCUT2D eigenvalue weighted by Gasteiger charge is 2.23. The van der Waals surface area contributed by atoms with E-state index in [0.29, 0.717) is 61.9 Å². The Hall–Kier alpha value is -6.42. The molecule has 0 saturated carbocycles. The number of nitrogens with one attached hydrogen (secondary N) is 5. The summed E-state index contributed by atoms with van der Waals surface area (Å²) in [4.78, 5) is 62.4. The zero-order chi connectivity index (χ0) is 42.3. The van der Waals surface area contributed by atoms with E-state index in [1.54, 1.807) is 37.3 Å². The number of methoxy groups -OCH3 is 2. The fourth-order valence-corrected chi connectivity index (χ4v) is 5.66. The van der Waals surface area contributed by atoms with Crippen LogP contribution in [0.5, 0.6) is 23.0 Å². The molecule has 5 N–H and O–H groups in total. The standard InChI is InChI=1S/C37H46N8O6.C3H6.C2H4O2/c1-5-10-26(44-37(48)49-4)36(47)45(3)18-9-7-12-34-41-22-28(43-34)25-14-16-30-32(20-25)51-29-15-13-24(19-31(29)50-30)27-21-40-33(42-27)11-6-8-17-39-35(46)23-38-2;1-3-2;1-4-2-3/h5,13-16,19-22,26,38H,1,6-12,17-18,23H2,2-4H3,(H,39,46)(H,40,42)(H,41,43)(H,44,48);3H,1H2,2H3;2H,1H3/t26-;;/m0../s1. The van der Waals surface area contributed by atoms with Crippen LogP contribution >= 0.6 is 0 Å². The van der Waals surface area contributed by atoms with Crippen molar-refractivity contribution in [1.29, 1.82) is 0 Å². The minimum absolute atomic E-state index is 0.000771. The summed E-state index contributed by atoms with van der Waals surface area (Å²) in [5, 5.41) is 8.29. The van der Waals surface area contributed by atoms with E-state index >= 15 is 0 Å². The van der Waals surface area contributed by atoms with E-state index < -0.39 is 12.1 Å². The highest BCUT2D eigenvalue weighted by atomic mass is 16.6. The number of aromatic amines is 2. The van der Waals surface area contributed by atoms with E-state index in [-0.39, 0.29) is 11.8 Å². The first-order valence-corrected chi connectivity index (χ1v) is 19.0. The average molecular weight is 801 g/mol. The number of carbonyl (C=O) groups excluding carboxylic acids is 4. The number of alkyl carbamates (subject to hydrolysis) is 1. The second kappa shape index (κ2) is 25.0. The molecule has 1 atom stereocenters. The summed E-state index contributed by atoms with van der Waals surface area (Å²) in [6.07, 6.45) is 11.5. The van der Waals surface area contributed by atoms with Crippen LogP contribution < -0.4 is 25.4 Å². The summed E-state index contributed by atoms with van der Waals surface area (Å²) in [5.41, 5.74) is 3.60. The van der Waals surface area contributed by atoms with Gasteiger partial charge in [-0.15, -0.1) is 13.2 Å². The van der Waals surface area contributed by atoms with Crippen LogP contribution in [-0.2, 0) is 36.7 Å². The van der Waals surface area contributed by atoms with Gasteiger partial charge in [-0.2, -0.15) is 0 Å². The second-order valence-electron chi connectivity index (χ2n) is 13.0. The van der Waals surface area contributed by atoms with Crippen LogP contribution in [0.4, 0.5) is 4.79 Å². The third-order valence-electron chi connectivity index (χ3n) is 8.51. The maximum atomic E-state index is 12.8. The van der Waals surface area contributed by atoms with Gasteiger partial charge in [0.25, 0.3) is 6.47 Å². The summed E-state index contributed by atoms with van der Waals surface area (Å²) in [7, 11) is 6.05. The largest absolute Gasteiger partial charge is 0.471 e. The molecule has 312 valence electrons. The van der Waals surface area contributed by atoms with Crippen molar-refractivity contribution in [2.45, 2.75) is 57.9 Å². The van der Waals surface area contributed by atoms with E-state index in [4.69, 9.17) is 14.3 Å². The lowest BCUT2D eigenvalue weighted by atomic mass is 10.1. The number of likely N-dealkylation sites (N-methyl/N-ethyl adjacent to an activating group) is 2. The summed E-state index contributed by atoms with van der Waals surface area (Å²) < 4.78 is 21.0. The number of amides is 3. The number of aryl methyl sites for hydroxylation is 2. The molecule has 3 amide bonds. The molecule has 0 fully saturated rings. The lowest BCUT2D eigenvalue weighted by Gasteiger charge is -2.23. The fraction of sp³-hybridized carbons (Fsp3) is 0.381. The molecule has 2 aromatic heterocycles. The molecule has 0 radical (unpaired) electrons. The normalized spacial score (nSPS) is 11.2. The number of imidazole rings is 2. The summed E-state index contributed by atoms with van der Waals surface area (Å²) >= 11 is 0. The van der Waals surface area contributed by atoms with Gasteiger partial charge in [0.05, 0.1) is 44.5 Å². The molecule has 16 heteroatoms. The quantitative estimate of drug-likeness (QED) is 0.0368. The monoisotopic (exact) mass is 800 g/mol. The van der Waals surface area contributed by atoms with E-state index in [9.17, 15) is 14.4 Å². The molecular weight excluding hydrogens is 745 g/mol. The molecule has 1 aliphatic heterocycles. The predicted octanol–water partition coefficient (Wildman–Crippen LogP) is 6.09. The molecule has 5 rings (SSSR count). The predicted molar refractivity (Wildman–Crippen MR) is 222 cm³/mol. The maximum absolute atomic E-state index is 12.8. The van der Waals surface area contributed by atoms with E-state index in [1.807, 2.05) is 49.5 Å². The van der Waals surface area contributed by atoms with Crippen LogP contribution in [-0.4, -0.2) is 103 Å². The Kier molecular flexibility index (Phi) is 19.8. The smallest absolute Gasteiger partial charge is 0.407 e. The van der Waals surface area contributed by atoms with Gasteiger partial charge in [-0.05, 0) is 82.5 Å². The number of aromatic nitrogens is 4. The number of nitrogens with zero attached hydrogens (tertiary/aromatic N) is 3. The van der Waals surface area contributed by atoms with Crippen molar-refractivity contribution in [3.8, 4) is 45.5 Å². The molecule has 0 aliphatic carbocycles. The molecule has 3 heterocycles. The highest BCUT2D eigenvalue weighted by molar-refractivity contribution is 5.85. The summed E-state index contributed by atoms with van der Waals surface area (Å²) in [5.74, 6) is 4.01. The Morgan fingerprint density at radius 1 is 0.879 bits per heavy atom. The van der Waals surface area contributed by atoms with E-state index in [1.165, 1.54) is 14.2 Å². The van der Waals surface area contributed by atoms with Crippen LogP contribution in [0.2, 0.25) is 0 Å². The Morgan fingerprint density at radius 2 is 1.41 bits per heavy atom. The van der Waals surface area contributed by atoms with Crippen LogP contribution in [0, 0.1) is 0 Å². The van der Waals surface area contributed by atoms with Gasteiger partial charge in [-0.1, -0.05) is 12.2 Å². The number of hydrogen-bond acceptors (Lipinski definition) is 11. The van der Waals surface area contributed by atoms with Crippen molar-refractivity contribution in [2.24, 2.45) is 0 Å². The van der Waals surface area contributed by atoms with Gasteiger partial charge in [0.15, 0.2) is 23.0 Å². The second-order valence-corrected chi connectivity index (χ2v) is 13.0. The average Bonchev–Trinajstić information content (AvgIpc) is 3.91. The highest BCUT2D eigenvalue weighted by Crippen LogP contribution is 2.47. The third-order valence-corrected chi connectivity index (χ3v) is 8.51. The topological polar surface area (TPSA) is 202 Å². The molecule has 2 aromatic carbocycles. The Labute approximate surface area is 339 Å². The number of benzene rings is 2. The fourth-order valence-electron chi connectivity index (χ4n) is 5.66. The minimum Gasteiger partial charge on any atom is -0.471 e. The lowest BCUT2D eigenvalue weighted by Crippen LogP contribution is -2.47. The van der Waals surface area contributed by atoms with Crippen LogP contribution in [0.3, 0.4) is 0 Å². The van der Waals surface area contributed by atoms with Crippen LogP contribution in [0.25, 0.3) is 22.5 Å². The zero-order valence-electron chi connectivity index (χ0n) is 34.0. The molecule has 1 aliphatic rings. The first-order valence-electron chi connectivity index (χ1n) is 19.0. The molecule has 16 nitrogen and oxygen atoms in total. The number of hydrogen-bond donors (Lipinski definition) is 5. The van der Waals surface area contributed by atoms with Gasteiger partial charge in [0, 0.05) is 44.1 Å². The number of fused-ring (bicyclic) bond motifs is 2. The molecule has 0 unspecified atom stereocenters. The molecule has 58 heavy (non-hydrogen) atoms. The molecule has 0 saturated heterocycles. The summed E-state index contributed by atoms with van der Waals surface area (Å²) in [6, 6.07) is 10.9. The number of allylic oxidation sites excluding steroid dienone is 1. The van der Waals surface area contributed by atoms with Gasteiger partial charge in [-0.25, -0.2) is 14.8 Å². The van der Waals surface area contributed by atoms with Crippen molar-refractivity contribution in [3.63, 3.8) is 0 Å². The number of H-pyrrole nitrogens is 2. The number of carbonyl (C=O) groups is 4. The minimum atomic E-state index is -0.710. The van der Waals surface area contributed by atoms with E-state index in [2.05, 4.69) is 58.5 Å². The third kappa shape index (κ3) is 14.6. The lowest BCUT2D eigenvalue weighted by molar-refractivity contribution is -0.132. The molecule has 0 spiro atoms. The van der Waals surface area contributed by atoms with Crippen LogP contribution in [0.1, 0.15) is 50.7 Å². The number of unbranched alkanes of at least 4 members (excludes halogenated alkanes) is 2. The van der Waals surface area contributed by atoms with Crippen LogP contribution in [0.15, 0.2) is 74.1 Å². The van der Waals surface area contributed by atoms with Gasteiger partial charge in [0.2, 0.25) is 11.8 Å². The van der Waals surface area contributed by atoms with Crippen molar-refractivity contribution in [3.05, 3.63) is 85.8 Å². The van der Waals surface area contributed by atoms with Gasteiger partial charge >= 0.3 is 6.09 Å². The van der Waals surface area contributed by atoms with Crippen molar-refractivity contribution >= 4 is 24.4 Å². The first-order chi connectivity index (χ1) is 28.1. The summed E-state index contributed by atoms with van der Waals surface area (Å²) in [6.45, 7) is 10.8. The van der Waals surface area contributed by atoms with Gasteiger partial charge in [0.1, 0.15) is 17.7 Å². The van der Waals surface area contributed by atoms with Crippen molar-refractivity contribution in [2.75, 3.05) is 47.9 Å².